The smallest absolute Gasteiger partial charge is 0.194 e. The number of aryl methyl sites for hydroxylation is 1. The van der Waals surface area contributed by atoms with Gasteiger partial charge in [0, 0.05) is 29.6 Å². The standard InChI is InChI=1S/C25H24N2O/c1-18-13-14-23-21(15-18)25(28)22(24(26-23)20-11-7-4-8-12-20)17-27(2)16-19-9-5-3-6-10-19/h3-15H,16-17H2,1-2H3,(H,26,28). The van der Waals surface area contributed by atoms with E-state index in [9.17, 15) is 4.79 Å². The van der Waals surface area contributed by atoms with Gasteiger partial charge in [0.25, 0.3) is 0 Å². The van der Waals surface area contributed by atoms with Crippen LogP contribution in [0.4, 0.5) is 0 Å². The number of nitrogens with one attached hydrogen (secondary N) is 1. The molecule has 0 spiro atoms. The first-order chi connectivity index (χ1) is 13.6. The Kier molecular flexibility index (Phi) is 5.09. The number of fused-ring (bicyclic) bond motifs is 1. The van der Waals surface area contributed by atoms with E-state index in [0.717, 1.165) is 39.8 Å². The van der Waals surface area contributed by atoms with Crippen molar-refractivity contribution in [1.82, 2.24) is 9.88 Å². The molecule has 1 N–H and O–H groups in total. The molecule has 3 heteroatoms. The number of rotatable bonds is 5. The van der Waals surface area contributed by atoms with E-state index in [2.05, 4.69) is 29.1 Å². The number of H-pyrrole nitrogens is 1. The minimum absolute atomic E-state index is 0.108. The molecule has 3 nitrogen and oxygen atoms in total. The first-order valence-corrected chi connectivity index (χ1v) is 9.55. The number of aromatic nitrogens is 1. The second-order valence-corrected chi connectivity index (χ2v) is 7.38. The van der Waals surface area contributed by atoms with Crippen LogP contribution in [0.5, 0.6) is 0 Å². The van der Waals surface area contributed by atoms with Crippen molar-refractivity contribution in [2.45, 2.75) is 20.0 Å². The van der Waals surface area contributed by atoms with Crippen molar-refractivity contribution in [3.05, 3.63) is 106 Å². The Morgan fingerprint density at radius 3 is 2.25 bits per heavy atom. The first-order valence-electron chi connectivity index (χ1n) is 9.55. The Labute approximate surface area is 165 Å². The fourth-order valence-corrected chi connectivity index (χ4v) is 3.66. The highest BCUT2D eigenvalue weighted by Gasteiger charge is 2.15. The highest BCUT2D eigenvalue weighted by molar-refractivity contribution is 5.83. The lowest BCUT2D eigenvalue weighted by Gasteiger charge is -2.19. The van der Waals surface area contributed by atoms with Gasteiger partial charge in [0.2, 0.25) is 0 Å². The van der Waals surface area contributed by atoms with Gasteiger partial charge in [-0.25, -0.2) is 0 Å². The van der Waals surface area contributed by atoms with Gasteiger partial charge in [-0.05, 0) is 37.2 Å². The Hall–Kier alpha value is -3.17. The summed E-state index contributed by atoms with van der Waals surface area (Å²) in [6.07, 6.45) is 0. The van der Waals surface area contributed by atoms with Crippen molar-refractivity contribution >= 4 is 10.9 Å². The van der Waals surface area contributed by atoms with E-state index in [1.165, 1.54) is 5.56 Å². The molecule has 140 valence electrons. The van der Waals surface area contributed by atoms with Crippen LogP contribution in [0.3, 0.4) is 0 Å². The summed E-state index contributed by atoms with van der Waals surface area (Å²) in [6, 6.07) is 26.4. The third-order valence-corrected chi connectivity index (χ3v) is 5.04. The molecule has 0 saturated carbocycles. The van der Waals surface area contributed by atoms with Crippen LogP contribution in [0.25, 0.3) is 22.2 Å². The summed E-state index contributed by atoms with van der Waals surface area (Å²) in [6.45, 7) is 3.39. The van der Waals surface area contributed by atoms with Gasteiger partial charge in [-0.15, -0.1) is 0 Å². The Bertz CT molecular complexity index is 1150. The summed E-state index contributed by atoms with van der Waals surface area (Å²) in [5.74, 6) is 0. The maximum atomic E-state index is 13.4. The molecule has 0 fully saturated rings. The summed E-state index contributed by atoms with van der Waals surface area (Å²) in [7, 11) is 2.06. The Balaban J connectivity index is 1.80. The average Bonchev–Trinajstić information content (AvgIpc) is 2.72. The average molecular weight is 368 g/mol. The minimum atomic E-state index is 0.108. The molecule has 0 aliphatic rings. The summed E-state index contributed by atoms with van der Waals surface area (Å²) in [5.41, 5.74) is 6.06. The quantitative estimate of drug-likeness (QED) is 0.530. The van der Waals surface area contributed by atoms with Gasteiger partial charge in [-0.3, -0.25) is 9.69 Å². The van der Waals surface area contributed by atoms with E-state index in [0.29, 0.717) is 6.54 Å². The summed E-state index contributed by atoms with van der Waals surface area (Å²) >= 11 is 0. The molecule has 0 atom stereocenters. The summed E-state index contributed by atoms with van der Waals surface area (Å²) in [5, 5.41) is 0.753. The molecule has 0 aliphatic carbocycles. The molecule has 0 aliphatic heterocycles. The van der Waals surface area contributed by atoms with Crippen molar-refractivity contribution < 1.29 is 0 Å². The molecule has 1 aromatic heterocycles. The predicted octanol–water partition coefficient (Wildman–Crippen LogP) is 5.14. The second kappa shape index (κ2) is 7.83. The van der Waals surface area contributed by atoms with Gasteiger partial charge in [-0.1, -0.05) is 72.3 Å². The number of aromatic amines is 1. The number of hydrogen-bond donors (Lipinski definition) is 1. The van der Waals surface area contributed by atoms with Crippen molar-refractivity contribution in [2.24, 2.45) is 0 Å². The van der Waals surface area contributed by atoms with Crippen LogP contribution >= 0.6 is 0 Å². The maximum absolute atomic E-state index is 13.4. The van der Waals surface area contributed by atoms with Crippen LogP contribution in [-0.2, 0) is 13.1 Å². The fraction of sp³-hybridized carbons (Fsp3) is 0.160. The zero-order valence-electron chi connectivity index (χ0n) is 16.3. The predicted molar refractivity (Wildman–Crippen MR) is 116 cm³/mol. The largest absolute Gasteiger partial charge is 0.354 e. The van der Waals surface area contributed by atoms with Gasteiger partial charge in [0.05, 0.1) is 5.69 Å². The van der Waals surface area contributed by atoms with Crippen LogP contribution in [0, 0.1) is 6.92 Å². The molecule has 4 aromatic rings. The molecule has 0 amide bonds. The molecule has 4 rings (SSSR count). The van der Waals surface area contributed by atoms with E-state index < -0.39 is 0 Å². The van der Waals surface area contributed by atoms with Crippen molar-refractivity contribution in [3.63, 3.8) is 0 Å². The normalized spacial score (nSPS) is 11.2. The lowest BCUT2D eigenvalue weighted by Crippen LogP contribution is -2.23. The lowest BCUT2D eigenvalue weighted by atomic mass is 10.0. The first kappa shape index (κ1) is 18.2. The summed E-state index contributed by atoms with van der Waals surface area (Å²) < 4.78 is 0. The van der Waals surface area contributed by atoms with Gasteiger partial charge < -0.3 is 4.98 Å². The SMILES string of the molecule is Cc1ccc2[nH]c(-c3ccccc3)c(CN(C)Cc3ccccc3)c(=O)c2c1. The molecular formula is C25H24N2O. The number of benzene rings is 3. The molecule has 0 saturated heterocycles. The van der Waals surface area contributed by atoms with E-state index in [4.69, 9.17) is 0 Å². The molecule has 3 aromatic carbocycles. The van der Waals surface area contributed by atoms with E-state index in [-0.39, 0.29) is 5.43 Å². The number of hydrogen-bond acceptors (Lipinski definition) is 2. The van der Waals surface area contributed by atoms with Crippen LogP contribution in [0.2, 0.25) is 0 Å². The van der Waals surface area contributed by atoms with Gasteiger partial charge in [-0.2, -0.15) is 0 Å². The topological polar surface area (TPSA) is 36.1 Å². The highest BCUT2D eigenvalue weighted by atomic mass is 16.1. The third-order valence-electron chi connectivity index (χ3n) is 5.04. The highest BCUT2D eigenvalue weighted by Crippen LogP contribution is 2.24. The van der Waals surface area contributed by atoms with Gasteiger partial charge in [0.15, 0.2) is 5.43 Å². The Morgan fingerprint density at radius 1 is 0.857 bits per heavy atom. The van der Waals surface area contributed by atoms with Crippen molar-refractivity contribution in [1.29, 1.82) is 0 Å². The van der Waals surface area contributed by atoms with E-state index in [1.54, 1.807) is 0 Å². The van der Waals surface area contributed by atoms with E-state index in [1.807, 2.05) is 73.7 Å². The fourth-order valence-electron chi connectivity index (χ4n) is 3.66. The van der Waals surface area contributed by atoms with Gasteiger partial charge in [0.1, 0.15) is 0 Å². The molecular weight excluding hydrogens is 344 g/mol. The number of pyridine rings is 1. The minimum Gasteiger partial charge on any atom is -0.354 e. The monoisotopic (exact) mass is 368 g/mol. The van der Waals surface area contributed by atoms with Crippen LogP contribution < -0.4 is 5.43 Å². The van der Waals surface area contributed by atoms with Crippen molar-refractivity contribution in [2.75, 3.05) is 7.05 Å². The number of nitrogens with zero attached hydrogens (tertiary/aromatic N) is 1. The zero-order chi connectivity index (χ0) is 19.5. The molecule has 0 radical (unpaired) electrons. The van der Waals surface area contributed by atoms with Crippen LogP contribution in [0.15, 0.2) is 83.7 Å². The van der Waals surface area contributed by atoms with E-state index >= 15 is 0 Å². The molecule has 0 unspecified atom stereocenters. The van der Waals surface area contributed by atoms with Crippen LogP contribution in [-0.4, -0.2) is 16.9 Å². The summed E-state index contributed by atoms with van der Waals surface area (Å²) in [4.78, 5) is 19.1. The maximum Gasteiger partial charge on any atom is 0.194 e. The molecule has 28 heavy (non-hydrogen) atoms. The zero-order valence-corrected chi connectivity index (χ0v) is 16.3. The Morgan fingerprint density at radius 2 is 1.54 bits per heavy atom. The lowest BCUT2D eigenvalue weighted by molar-refractivity contribution is 0.318. The van der Waals surface area contributed by atoms with Crippen LogP contribution in [0.1, 0.15) is 16.7 Å². The third kappa shape index (κ3) is 3.75. The molecule has 0 bridgehead atoms. The van der Waals surface area contributed by atoms with Crippen molar-refractivity contribution in [3.8, 4) is 11.3 Å². The van der Waals surface area contributed by atoms with Gasteiger partial charge >= 0.3 is 0 Å². The second-order valence-electron chi connectivity index (χ2n) is 7.38. The molecule has 1 heterocycles.